The van der Waals surface area contributed by atoms with Gasteiger partial charge < -0.3 is 14.5 Å². The van der Waals surface area contributed by atoms with Crippen molar-refractivity contribution in [2.24, 2.45) is 0 Å². The molecule has 1 amide bonds. The molecular weight excluding hydrogens is 366 g/mol. The summed E-state index contributed by atoms with van der Waals surface area (Å²) in [5.41, 5.74) is 1.42. The number of rotatable bonds is 4. The number of carbonyl (C=O) groups excluding carboxylic acids is 1. The number of fused-ring (bicyclic) bond motifs is 1. The first-order valence-corrected chi connectivity index (χ1v) is 9.31. The number of anilines is 1. The molecule has 1 saturated heterocycles. The second-order valence-corrected chi connectivity index (χ2v) is 6.75. The summed E-state index contributed by atoms with van der Waals surface area (Å²) in [5.74, 6) is 1.56. The Morgan fingerprint density at radius 2 is 1.81 bits per heavy atom. The Bertz CT molecular complexity index is 948. The molecule has 0 saturated carbocycles. The average Bonchev–Trinajstić information content (AvgIpc) is 3.11. The predicted molar refractivity (Wildman–Crippen MR) is 104 cm³/mol. The summed E-state index contributed by atoms with van der Waals surface area (Å²) in [6.45, 7) is 5.18. The summed E-state index contributed by atoms with van der Waals surface area (Å²) < 4.78 is 7.31. The number of benzene rings is 1. The summed E-state index contributed by atoms with van der Waals surface area (Å²) in [4.78, 5) is 16.7. The number of hydrogen-bond acceptors (Lipinski definition) is 5. The van der Waals surface area contributed by atoms with Gasteiger partial charge in [0.1, 0.15) is 5.75 Å². The molecule has 0 spiro atoms. The summed E-state index contributed by atoms with van der Waals surface area (Å²) >= 11 is 6.09. The number of halogens is 1. The monoisotopic (exact) mass is 385 g/mol. The van der Waals surface area contributed by atoms with Crippen LogP contribution in [0.4, 0.5) is 5.95 Å². The molecule has 1 aromatic carbocycles. The van der Waals surface area contributed by atoms with Crippen molar-refractivity contribution in [3.05, 3.63) is 53.2 Å². The van der Waals surface area contributed by atoms with E-state index in [1.54, 1.807) is 6.07 Å². The number of hydrogen-bond donors (Lipinski definition) is 0. The molecule has 0 bridgehead atoms. The number of pyridine rings is 1. The molecule has 3 heterocycles. The van der Waals surface area contributed by atoms with Crippen molar-refractivity contribution in [1.82, 2.24) is 19.5 Å². The number of carbonyl (C=O) groups is 1. The normalized spacial score (nSPS) is 14.6. The Balaban J connectivity index is 1.43. The van der Waals surface area contributed by atoms with E-state index in [0.717, 1.165) is 17.3 Å². The molecule has 1 aliphatic rings. The lowest BCUT2D eigenvalue weighted by Crippen LogP contribution is -2.49. The van der Waals surface area contributed by atoms with Crippen molar-refractivity contribution in [2.45, 2.75) is 6.92 Å². The van der Waals surface area contributed by atoms with Crippen molar-refractivity contribution in [1.29, 1.82) is 0 Å². The molecule has 140 valence electrons. The van der Waals surface area contributed by atoms with Crippen LogP contribution in [0.25, 0.3) is 5.65 Å². The lowest BCUT2D eigenvalue weighted by Gasteiger charge is -2.34. The molecule has 0 N–H and O–H groups in total. The molecule has 27 heavy (non-hydrogen) atoms. The highest BCUT2D eigenvalue weighted by Gasteiger charge is 2.24. The number of amides is 1. The summed E-state index contributed by atoms with van der Waals surface area (Å²) in [5, 5.41) is 9.09. The fourth-order valence-corrected chi connectivity index (χ4v) is 3.38. The second kappa shape index (κ2) is 7.44. The third-order valence-corrected chi connectivity index (χ3v) is 4.83. The van der Waals surface area contributed by atoms with E-state index < -0.39 is 0 Å². The van der Waals surface area contributed by atoms with Gasteiger partial charge in [-0.05, 0) is 43.3 Å². The van der Waals surface area contributed by atoms with Crippen molar-refractivity contribution < 1.29 is 9.53 Å². The highest BCUT2D eigenvalue weighted by Crippen LogP contribution is 2.20. The van der Waals surface area contributed by atoms with E-state index in [9.17, 15) is 4.79 Å². The molecule has 1 fully saturated rings. The van der Waals surface area contributed by atoms with Crippen molar-refractivity contribution in [2.75, 3.05) is 37.7 Å². The molecule has 2 aromatic heterocycles. The minimum atomic E-state index is 0.0341. The quantitative estimate of drug-likeness (QED) is 0.691. The Labute approximate surface area is 162 Å². The molecule has 0 radical (unpaired) electrons. The van der Waals surface area contributed by atoms with E-state index >= 15 is 0 Å². The first kappa shape index (κ1) is 17.6. The topological polar surface area (TPSA) is 63.0 Å². The van der Waals surface area contributed by atoms with Crippen LogP contribution in [0.15, 0.2) is 42.6 Å². The maximum absolute atomic E-state index is 12.7. The smallest absolute Gasteiger partial charge is 0.253 e. The minimum Gasteiger partial charge on any atom is -0.494 e. The van der Waals surface area contributed by atoms with Crippen LogP contribution in [0, 0.1) is 0 Å². The molecule has 0 aliphatic carbocycles. The van der Waals surface area contributed by atoms with Gasteiger partial charge in [0.05, 0.1) is 11.6 Å². The molecule has 8 heteroatoms. The van der Waals surface area contributed by atoms with Gasteiger partial charge in [0.25, 0.3) is 5.91 Å². The van der Waals surface area contributed by atoms with Crippen LogP contribution in [0.2, 0.25) is 5.02 Å². The van der Waals surface area contributed by atoms with Crippen LogP contribution in [-0.4, -0.2) is 58.2 Å². The average molecular weight is 386 g/mol. The molecule has 3 aromatic rings. The largest absolute Gasteiger partial charge is 0.494 e. The van der Waals surface area contributed by atoms with Crippen LogP contribution in [0.1, 0.15) is 17.3 Å². The SMILES string of the molecule is CCOc1ccc(C(=O)N2CCN(c3nnc4ccc(Cl)cn34)CC2)cc1. The molecule has 0 atom stereocenters. The van der Waals surface area contributed by atoms with Crippen LogP contribution in [0.3, 0.4) is 0 Å². The molecule has 7 nitrogen and oxygen atoms in total. The molecule has 4 rings (SSSR count). The zero-order valence-corrected chi connectivity index (χ0v) is 15.8. The van der Waals surface area contributed by atoms with Gasteiger partial charge in [-0.15, -0.1) is 10.2 Å². The lowest BCUT2D eigenvalue weighted by molar-refractivity contribution is 0.0746. The Kier molecular flexibility index (Phi) is 4.85. The van der Waals surface area contributed by atoms with Gasteiger partial charge in [0, 0.05) is 37.9 Å². The van der Waals surface area contributed by atoms with Crippen LogP contribution in [-0.2, 0) is 0 Å². The van der Waals surface area contributed by atoms with E-state index in [0.29, 0.717) is 43.4 Å². The van der Waals surface area contributed by atoms with Crippen LogP contribution in [0.5, 0.6) is 5.75 Å². The van der Waals surface area contributed by atoms with Gasteiger partial charge in [-0.2, -0.15) is 0 Å². The van der Waals surface area contributed by atoms with Crippen molar-refractivity contribution in [3.63, 3.8) is 0 Å². The first-order valence-electron chi connectivity index (χ1n) is 8.93. The Morgan fingerprint density at radius 3 is 2.52 bits per heavy atom. The molecule has 0 unspecified atom stereocenters. The van der Waals surface area contributed by atoms with Gasteiger partial charge >= 0.3 is 0 Å². The van der Waals surface area contributed by atoms with E-state index in [1.807, 2.05) is 52.8 Å². The van der Waals surface area contributed by atoms with Gasteiger partial charge in [0.2, 0.25) is 5.95 Å². The Hall–Kier alpha value is -2.80. The predicted octanol–water partition coefficient (Wildman–Crippen LogP) is 2.74. The minimum absolute atomic E-state index is 0.0341. The third kappa shape index (κ3) is 3.55. The number of ether oxygens (including phenoxy) is 1. The van der Waals surface area contributed by atoms with Gasteiger partial charge in [-0.1, -0.05) is 11.6 Å². The van der Waals surface area contributed by atoms with Crippen molar-refractivity contribution in [3.8, 4) is 5.75 Å². The van der Waals surface area contributed by atoms with E-state index in [4.69, 9.17) is 16.3 Å². The van der Waals surface area contributed by atoms with Crippen LogP contribution >= 0.6 is 11.6 Å². The van der Waals surface area contributed by atoms with E-state index in [1.165, 1.54) is 0 Å². The first-order chi connectivity index (χ1) is 13.2. The fourth-order valence-electron chi connectivity index (χ4n) is 3.22. The number of piperazine rings is 1. The molecule has 1 aliphatic heterocycles. The second-order valence-electron chi connectivity index (χ2n) is 6.31. The van der Waals surface area contributed by atoms with Gasteiger partial charge in [-0.3, -0.25) is 9.20 Å². The summed E-state index contributed by atoms with van der Waals surface area (Å²) in [7, 11) is 0. The van der Waals surface area contributed by atoms with Crippen molar-refractivity contribution >= 4 is 29.1 Å². The van der Waals surface area contributed by atoms with Gasteiger partial charge in [-0.25, -0.2) is 0 Å². The standard InChI is InChI=1S/C19H20ClN5O2/c1-2-27-16-6-3-14(4-7-16)18(26)23-9-11-24(12-10-23)19-22-21-17-8-5-15(20)13-25(17)19/h3-8,13H,2,9-12H2,1H3. The van der Waals surface area contributed by atoms with E-state index in [2.05, 4.69) is 15.1 Å². The zero-order valence-electron chi connectivity index (χ0n) is 15.0. The highest BCUT2D eigenvalue weighted by atomic mass is 35.5. The van der Waals surface area contributed by atoms with Gasteiger partial charge in [0.15, 0.2) is 5.65 Å². The summed E-state index contributed by atoms with van der Waals surface area (Å²) in [6.07, 6.45) is 1.81. The van der Waals surface area contributed by atoms with Crippen LogP contribution < -0.4 is 9.64 Å². The zero-order chi connectivity index (χ0) is 18.8. The highest BCUT2D eigenvalue weighted by molar-refractivity contribution is 6.30. The lowest BCUT2D eigenvalue weighted by atomic mass is 10.1. The fraction of sp³-hybridized carbons (Fsp3) is 0.316. The Morgan fingerprint density at radius 1 is 1.07 bits per heavy atom. The van der Waals surface area contributed by atoms with E-state index in [-0.39, 0.29) is 5.91 Å². The number of nitrogens with zero attached hydrogens (tertiary/aromatic N) is 5. The molecular formula is C19H20ClN5O2. The maximum atomic E-state index is 12.7. The number of aromatic nitrogens is 3. The summed E-state index contributed by atoms with van der Waals surface area (Å²) in [6, 6.07) is 10.9. The third-order valence-electron chi connectivity index (χ3n) is 4.61. The maximum Gasteiger partial charge on any atom is 0.253 e.